The van der Waals surface area contributed by atoms with Gasteiger partial charge in [-0.15, -0.1) is 0 Å². The van der Waals surface area contributed by atoms with E-state index in [2.05, 4.69) is 5.32 Å². The third kappa shape index (κ3) is 5.77. The van der Waals surface area contributed by atoms with E-state index in [0.29, 0.717) is 5.39 Å². The number of methoxy groups -OCH3 is 1. The summed E-state index contributed by atoms with van der Waals surface area (Å²) in [4.78, 5) is 23.1. The van der Waals surface area contributed by atoms with Crippen molar-refractivity contribution in [1.82, 2.24) is 0 Å². The Hall–Kier alpha value is -2.46. The second kappa shape index (κ2) is 9.16. The maximum absolute atomic E-state index is 12.0. The van der Waals surface area contributed by atoms with Gasteiger partial charge < -0.3 is 34.2 Å². The van der Waals surface area contributed by atoms with Crippen LogP contribution in [0.3, 0.4) is 0 Å². The molecule has 0 unspecified atom stereocenters. The molecule has 1 aromatic heterocycles. The second-order valence-corrected chi connectivity index (χ2v) is 6.88. The Balaban J connectivity index is 2.29. The smallest absolute Gasteiger partial charge is 0.360 e. The lowest BCUT2D eigenvalue weighted by Crippen LogP contribution is -2.44. The van der Waals surface area contributed by atoms with E-state index in [9.17, 15) is 19.8 Å². The van der Waals surface area contributed by atoms with Crippen LogP contribution in [0.4, 0.5) is 5.69 Å². The number of rotatable bonds is 9. The largest absolute Gasteiger partial charge is 0.462 e. The van der Waals surface area contributed by atoms with Gasteiger partial charge in [0.15, 0.2) is 0 Å². The van der Waals surface area contributed by atoms with Gasteiger partial charge in [-0.25, -0.2) is 4.79 Å². The molecule has 154 valence electrons. The van der Waals surface area contributed by atoms with E-state index in [1.165, 1.54) is 26.2 Å². The SMILES string of the molecule is COCC(C)(C)O[C@@H](Oc1ccc2cc(NC(C)=O)c(=O)oc2c1)[C@@H](O)CO. The van der Waals surface area contributed by atoms with Crippen molar-refractivity contribution in [3.05, 3.63) is 34.7 Å². The van der Waals surface area contributed by atoms with Gasteiger partial charge in [0.25, 0.3) is 0 Å². The molecule has 1 amide bonds. The standard InChI is InChI=1S/C19H25NO8/c1-11(22)20-14-7-12-5-6-13(8-16(12)27-17(14)24)26-18(15(23)9-21)28-19(2,3)10-25-4/h5-8,15,18,21,23H,9-10H2,1-4H3,(H,20,22)/t15-,18+/m0/s1. The van der Waals surface area contributed by atoms with Crippen LogP contribution in [-0.2, 0) is 14.3 Å². The Kier molecular flexibility index (Phi) is 7.14. The number of carbonyl (C=O) groups is 1. The summed E-state index contributed by atoms with van der Waals surface area (Å²) in [5, 5.41) is 22.3. The van der Waals surface area contributed by atoms with E-state index in [0.717, 1.165) is 0 Å². The fourth-order valence-electron chi connectivity index (χ4n) is 2.54. The number of anilines is 1. The number of ether oxygens (including phenoxy) is 3. The summed E-state index contributed by atoms with van der Waals surface area (Å²) < 4.78 is 21.7. The van der Waals surface area contributed by atoms with Crippen LogP contribution in [0.1, 0.15) is 20.8 Å². The monoisotopic (exact) mass is 395 g/mol. The minimum Gasteiger partial charge on any atom is -0.462 e. The fraction of sp³-hybridized carbons (Fsp3) is 0.474. The normalized spacial score (nSPS) is 13.9. The summed E-state index contributed by atoms with van der Waals surface area (Å²) >= 11 is 0. The number of fused-ring (bicyclic) bond motifs is 1. The van der Waals surface area contributed by atoms with Gasteiger partial charge in [0, 0.05) is 25.5 Å². The van der Waals surface area contributed by atoms with Crippen molar-refractivity contribution in [2.75, 3.05) is 25.6 Å². The Labute approximate surface area is 161 Å². The summed E-state index contributed by atoms with van der Waals surface area (Å²) in [5.41, 5.74) is -1.23. The van der Waals surface area contributed by atoms with Crippen molar-refractivity contribution in [3.63, 3.8) is 0 Å². The molecule has 0 aliphatic rings. The van der Waals surface area contributed by atoms with Crippen LogP contribution in [0.5, 0.6) is 5.75 Å². The molecule has 0 saturated heterocycles. The Morgan fingerprint density at radius 2 is 2.04 bits per heavy atom. The van der Waals surface area contributed by atoms with Crippen molar-refractivity contribution in [2.24, 2.45) is 0 Å². The predicted molar refractivity (Wildman–Crippen MR) is 101 cm³/mol. The maximum Gasteiger partial charge on any atom is 0.360 e. The zero-order chi connectivity index (χ0) is 20.9. The van der Waals surface area contributed by atoms with Crippen LogP contribution in [-0.4, -0.2) is 54.4 Å². The van der Waals surface area contributed by atoms with Crippen molar-refractivity contribution < 1.29 is 33.6 Å². The minimum absolute atomic E-state index is 0.0342. The second-order valence-electron chi connectivity index (χ2n) is 6.88. The lowest BCUT2D eigenvalue weighted by atomic mass is 10.1. The topological polar surface area (TPSA) is 127 Å². The molecule has 0 aliphatic heterocycles. The number of aliphatic hydroxyl groups excluding tert-OH is 2. The minimum atomic E-state index is -1.30. The first-order valence-corrected chi connectivity index (χ1v) is 8.63. The van der Waals surface area contributed by atoms with E-state index >= 15 is 0 Å². The third-order valence-electron chi connectivity index (χ3n) is 3.70. The highest BCUT2D eigenvalue weighted by molar-refractivity contribution is 5.91. The number of benzene rings is 1. The molecule has 0 saturated carbocycles. The molecule has 9 nitrogen and oxygen atoms in total. The molecule has 1 aromatic carbocycles. The van der Waals surface area contributed by atoms with E-state index in [1.807, 2.05) is 0 Å². The first kappa shape index (κ1) is 21.8. The van der Waals surface area contributed by atoms with Crippen molar-refractivity contribution in [1.29, 1.82) is 0 Å². The molecular formula is C19H25NO8. The molecule has 0 fully saturated rings. The first-order valence-electron chi connectivity index (χ1n) is 8.63. The molecule has 0 spiro atoms. The maximum atomic E-state index is 12.0. The molecule has 28 heavy (non-hydrogen) atoms. The molecule has 1 heterocycles. The summed E-state index contributed by atoms with van der Waals surface area (Å²) in [7, 11) is 1.52. The molecule has 2 rings (SSSR count). The molecule has 0 bridgehead atoms. The molecular weight excluding hydrogens is 370 g/mol. The quantitative estimate of drug-likeness (QED) is 0.428. The average molecular weight is 395 g/mol. The van der Waals surface area contributed by atoms with Crippen molar-refractivity contribution >= 4 is 22.6 Å². The highest BCUT2D eigenvalue weighted by Gasteiger charge is 2.30. The highest BCUT2D eigenvalue weighted by Crippen LogP contribution is 2.25. The number of hydrogen-bond acceptors (Lipinski definition) is 8. The van der Waals surface area contributed by atoms with Crippen molar-refractivity contribution in [3.8, 4) is 5.75 Å². The zero-order valence-electron chi connectivity index (χ0n) is 16.2. The van der Waals surface area contributed by atoms with Gasteiger partial charge in [-0.1, -0.05) is 0 Å². The van der Waals surface area contributed by atoms with Crippen LogP contribution in [0.25, 0.3) is 11.0 Å². The summed E-state index contributed by atoms with van der Waals surface area (Å²) in [6, 6.07) is 6.16. The van der Waals surface area contributed by atoms with Crippen LogP contribution in [0.15, 0.2) is 33.5 Å². The van der Waals surface area contributed by atoms with Crippen LogP contribution >= 0.6 is 0 Å². The highest BCUT2D eigenvalue weighted by atomic mass is 16.7. The van der Waals surface area contributed by atoms with Gasteiger partial charge in [0.1, 0.15) is 23.1 Å². The fourth-order valence-corrected chi connectivity index (χ4v) is 2.54. The van der Waals surface area contributed by atoms with Gasteiger partial charge in [-0.05, 0) is 32.0 Å². The summed E-state index contributed by atoms with van der Waals surface area (Å²) in [5.74, 6) is -0.128. The predicted octanol–water partition coefficient (Wildman–Crippen LogP) is 1.25. The molecule has 0 radical (unpaired) electrons. The molecule has 3 N–H and O–H groups in total. The van der Waals surface area contributed by atoms with Gasteiger partial charge in [-0.2, -0.15) is 0 Å². The van der Waals surface area contributed by atoms with E-state index in [1.54, 1.807) is 26.0 Å². The van der Waals surface area contributed by atoms with Crippen LogP contribution < -0.4 is 15.7 Å². The van der Waals surface area contributed by atoms with Gasteiger partial charge >= 0.3 is 5.63 Å². The Morgan fingerprint density at radius 3 is 2.64 bits per heavy atom. The number of hydrogen-bond donors (Lipinski definition) is 3. The van der Waals surface area contributed by atoms with Gasteiger partial charge in [0.2, 0.25) is 12.2 Å². The summed E-state index contributed by atoms with van der Waals surface area (Å²) in [6.07, 6.45) is -2.49. The van der Waals surface area contributed by atoms with Crippen LogP contribution in [0.2, 0.25) is 0 Å². The molecule has 2 atom stereocenters. The zero-order valence-corrected chi connectivity index (χ0v) is 16.2. The number of carbonyl (C=O) groups excluding carboxylic acids is 1. The molecule has 0 aliphatic carbocycles. The van der Waals surface area contributed by atoms with E-state index < -0.39 is 30.2 Å². The number of amides is 1. The number of nitrogens with one attached hydrogen (secondary N) is 1. The Morgan fingerprint density at radius 1 is 1.32 bits per heavy atom. The van der Waals surface area contributed by atoms with Gasteiger partial charge in [-0.3, -0.25) is 4.79 Å². The van der Waals surface area contributed by atoms with E-state index in [-0.39, 0.29) is 29.5 Å². The van der Waals surface area contributed by atoms with Gasteiger partial charge in [0.05, 0.1) is 18.8 Å². The van der Waals surface area contributed by atoms with Crippen LogP contribution in [0, 0.1) is 0 Å². The average Bonchev–Trinajstić information content (AvgIpc) is 2.60. The van der Waals surface area contributed by atoms with Crippen molar-refractivity contribution in [2.45, 2.75) is 38.8 Å². The lowest BCUT2D eigenvalue weighted by Gasteiger charge is -2.32. The number of aliphatic hydroxyl groups is 2. The Bertz CT molecular complexity index is 876. The summed E-state index contributed by atoms with van der Waals surface area (Å²) in [6.45, 7) is 4.46. The van der Waals surface area contributed by atoms with E-state index in [4.69, 9.17) is 18.6 Å². The third-order valence-corrected chi connectivity index (χ3v) is 3.70. The molecule has 9 heteroatoms. The molecule has 2 aromatic rings. The lowest BCUT2D eigenvalue weighted by molar-refractivity contribution is -0.218. The first-order chi connectivity index (χ1) is 13.1.